The van der Waals surface area contributed by atoms with Gasteiger partial charge in [-0.05, 0) is 28.4 Å². The van der Waals surface area contributed by atoms with Crippen LogP contribution < -0.4 is 4.72 Å². The van der Waals surface area contributed by atoms with Crippen LogP contribution in [0, 0.1) is 12.3 Å². The maximum absolute atomic E-state index is 12.1. The summed E-state index contributed by atoms with van der Waals surface area (Å²) in [4.78, 5) is 3.72. The Morgan fingerprint density at radius 3 is 2.89 bits per heavy atom. The fraction of sp³-hybridized carbons (Fsp3) is 0.364. The minimum Gasteiger partial charge on any atom is -0.242 e. The highest BCUT2D eigenvalue weighted by Crippen LogP contribution is 2.23. The second kappa shape index (κ2) is 6.53. The minimum absolute atomic E-state index is 0.0611. The molecule has 1 atom stereocenters. The lowest BCUT2D eigenvalue weighted by Gasteiger charge is -2.15. The van der Waals surface area contributed by atoms with E-state index in [0.717, 1.165) is 0 Å². The molecule has 4 nitrogen and oxygen atoms in total. The van der Waals surface area contributed by atoms with E-state index in [1.54, 1.807) is 0 Å². The van der Waals surface area contributed by atoms with Gasteiger partial charge in [-0.1, -0.05) is 18.5 Å². The molecule has 0 aliphatic carbocycles. The number of hydrogen-bond donors (Lipinski definition) is 1. The number of halogens is 2. The van der Waals surface area contributed by atoms with Gasteiger partial charge >= 0.3 is 0 Å². The quantitative estimate of drug-likeness (QED) is 0.655. The number of rotatable bonds is 5. The summed E-state index contributed by atoms with van der Waals surface area (Å²) in [6, 6.07) is 1.09. The predicted molar refractivity (Wildman–Crippen MR) is 74.8 cm³/mol. The van der Waals surface area contributed by atoms with E-state index in [1.165, 1.54) is 12.3 Å². The molecule has 1 aromatic heterocycles. The molecule has 1 aromatic rings. The zero-order chi connectivity index (χ0) is 13.8. The molecule has 98 valence electrons. The molecular weight excluding hydrogens is 340 g/mol. The predicted octanol–water partition coefficient (Wildman–Crippen LogP) is 2.58. The van der Waals surface area contributed by atoms with E-state index in [1.807, 2.05) is 6.92 Å². The van der Waals surface area contributed by atoms with Crippen LogP contribution in [0.5, 0.6) is 0 Å². The van der Waals surface area contributed by atoms with Crippen LogP contribution in [0.15, 0.2) is 21.6 Å². The summed E-state index contributed by atoms with van der Waals surface area (Å²) >= 11 is 8.95. The molecule has 1 heterocycles. The monoisotopic (exact) mass is 350 g/mol. The molecule has 0 spiro atoms. The number of hydrogen-bond acceptors (Lipinski definition) is 3. The van der Waals surface area contributed by atoms with Gasteiger partial charge in [-0.2, -0.15) is 0 Å². The van der Waals surface area contributed by atoms with E-state index in [9.17, 15) is 8.42 Å². The van der Waals surface area contributed by atoms with Gasteiger partial charge in [0.25, 0.3) is 0 Å². The van der Waals surface area contributed by atoms with Gasteiger partial charge < -0.3 is 0 Å². The molecular formula is C11H12BrClN2O2S. The highest BCUT2D eigenvalue weighted by molar-refractivity contribution is 9.10. The fourth-order valence-electron chi connectivity index (χ4n) is 1.29. The Balaban J connectivity index is 3.06. The van der Waals surface area contributed by atoms with E-state index >= 15 is 0 Å². The van der Waals surface area contributed by atoms with E-state index in [4.69, 9.17) is 18.0 Å². The molecule has 0 saturated heterocycles. The molecule has 0 fully saturated rings. The van der Waals surface area contributed by atoms with Crippen molar-refractivity contribution in [3.8, 4) is 12.3 Å². The number of aromatic nitrogens is 1. The first-order valence-electron chi connectivity index (χ1n) is 5.17. The van der Waals surface area contributed by atoms with Crippen molar-refractivity contribution in [3.63, 3.8) is 0 Å². The maximum atomic E-state index is 12.1. The summed E-state index contributed by atoms with van der Waals surface area (Å²) in [6.45, 7) is 1.85. The van der Waals surface area contributed by atoms with Crippen LogP contribution in [-0.2, 0) is 10.0 Å². The van der Waals surface area contributed by atoms with Crippen molar-refractivity contribution in [1.29, 1.82) is 0 Å². The average Bonchev–Trinajstić information content (AvgIpc) is 2.31. The summed E-state index contributed by atoms with van der Waals surface area (Å²) in [5.74, 6) is 2.43. The van der Waals surface area contributed by atoms with Crippen LogP contribution in [0.1, 0.15) is 19.8 Å². The molecule has 0 radical (unpaired) electrons. The fourth-order valence-corrected chi connectivity index (χ4v) is 3.55. The Morgan fingerprint density at radius 1 is 1.67 bits per heavy atom. The molecule has 0 aliphatic rings. The van der Waals surface area contributed by atoms with E-state index in [0.29, 0.717) is 17.3 Å². The number of pyridine rings is 1. The van der Waals surface area contributed by atoms with Crippen LogP contribution in [0.3, 0.4) is 0 Å². The highest BCUT2D eigenvalue weighted by atomic mass is 79.9. The standard InChI is InChI=1S/C11H12BrClN2O2S/c1-3-5-9(4-2)15-18(16,17)10-6-8(12)7-14-11(10)13/h1,6-7,9,15H,4-5H2,2H3. The molecule has 1 N–H and O–H groups in total. The van der Waals surface area contributed by atoms with Gasteiger partial charge in [-0.25, -0.2) is 18.1 Å². The van der Waals surface area contributed by atoms with Gasteiger partial charge in [0.15, 0.2) is 0 Å². The summed E-state index contributed by atoms with van der Waals surface area (Å²) in [6.07, 6.45) is 7.54. The summed E-state index contributed by atoms with van der Waals surface area (Å²) in [5, 5.41) is -0.0683. The van der Waals surface area contributed by atoms with Gasteiger partial charge in [-0.3, -0.25) is 0 Å². The third-order valence-corrected chi connectivity index (χ3v) is 4.62. The van der Waals surface area contributed by atoms with Crippen LogP contribution in [0.4, 0.5) is 0 Å². The highest BCUT2D eigenvalue weighted by Gasteiger charge is 2.22. The first kappa shape index (κ1) is 15.4. The lowest BCUT2D eigenvalue weighted by molar-refractivity contribution is 0.543. The van der Waals surface area contributed by atoms with Gasteiger partial charge in [0.05, 0.1) is 0 Å². The Bertz CT molecular complexity index is 569. The van der Waals surface area contributed by atoms with Crippen molar-refractivity contribution in [1.82, 2.24) is 9.71 Å². The smallest absolute Gasteiger partial charge is 0.242 e. The van der Waals surface area contributed by atoms with Crippen molar-refractivity contribution in [2.24, 2.45) is 0 Å². The number of nitrogens with zero attached hydrogens (tertiary/aromatic N) is 1. The normalized spacial score (nSPS) is 13.0. The molecule has 0 aliphatic heterocycles. The van der Waals surface area contributed by atoms with Gasteiger partial charge in [-0.15, -0.1) is 12.3 Å². The van der Waals surface area contributed by atoms with E-state index < -0.39 is 10.0 Å². The molecule has 0 bridgehead atoms. The Hall–Kier alpha value is -0.610. The van der Waals surface area contributed by atoms with Crippen LogP contribution in [0.25, 0.3) is 0 Å². The summed E-state index contributed by atoms with van der Waals surface area (Å²) in [7, 11) is -3.72. The van der Waals surface area contributed by atoms with Crippen molar-refractivity contribution in [2.45, 2.75) is 30.7 Å². The topological polar surface area (TPSA) is 59.1 Å². The molecule has 7 heteroatoms. The van der Waals surface area contributed by atoms with Gasteiger partial charge in [0.1, 0.15) is 10.0 Å². The van der Waals surface area contributed by atoms with Crippen LogP contribution in [-0.4, -0.2) is 19.4 Å². The molecule has 0 saturated carbocycles. The second-order valence-corrected chi connectivity index (χ2v) is 6.53. The Kier molecular flexibility index (Phi) is 5.60. The molecule has 1 rings (SSSR count). The second-order valence-electron chi connectivity index (χ2n) is 3.58. The molecule has 18 heavy (non-hydrogen) atoms. The Morgan fingerprint density at radius 2 is 2.33 bits per heavy atom. The molecule has 1 unspecified atom stereocenters. The lowest BCUT2D eigenvalue weighted by atomic mass is 10.2. The number of nitrogens with one attached hydrogen (secondary N) is 1. The lowest BCUT2D eigenvalue weighted by Crippen LogP contribution is -2.34. The largest absolute Gasteiger partial charge is 0.243 e. The van der Waals surface area contributed by atoms with Crippen molar-refractivity contribution in [3.05, 3.63) is 21.9 Å². The van der Waals surface area contributed by atoms with Crippen LogP contribution in [0.2, 0.25) is 5.15 Å². The first-order chi connectivity index (χ1) is 8.40. The average molecular weight is 352 g/mol. The first-order valence-corrected chi connectivity index (χ1v) is 7.83. The molecule has 0 aromatic carbocycles. The summed E-state index contributed by atoms with van der Waals surface area (Å²) < 4.78 is 27.3. The third kappa shape index (κ3) is 3.95. The van der Waals surface area contributed by atoms with Crippen LogP contribution >= 0.6 is 27.5 Å². The van der Waals surface area contributed by atoms with Gasteiger partial charge in [0, 0.05) is 23.1 Å². The van der Waals surface area contributed by atoms with Crippen molar-refractivity contribution >= 4 is 37.6 Å². The third-order valence-electron chi connectivity index (χ3n) is 2.24. The Labute approximate surface area is 120 Å². The number of terminal acetylenes is 1. The van der Waals surface area contributed by atoms with Gasteiger partial charge in [0.2, 0.25) is 10.0 Å². The van der Waals surface area contributed by atoms with Crippen molar-refractivity contribution < 1.29 is 8.42 Å². The zero-order valence-electron chi connectivity index (χ0n) is 9.65. The maximum Gasteiger partial charge on any atom is 0.243 e. The van der Waals surface area contributed by atoms with E-state index in [-0.39, 0.29) is 16.1 Å². The zero-order valence-corrected chi connectivity index (χ0v) is 12.8. The SMILES string of the molecule is C#CCC(CC)NS(=O)(=O)c1cc(Br)cnc1Cl. The minimum atomic E-state index is -3.72. The molecule has 0 amide bonds. The van der Waals surface area contributed by atoms with Crippen molar-refractivity contribution in [2.75, 3.05) is 0 Å². The van der Waals surface area contributed by atoms with E-state index in [2.05, 4.69) is 31.6 Å². The number of sulfonamides is 1. The summed E-state index contributed by atoms with van der Waals surface area (Å²) in [5.41, 5.74) is 0.